The van der Waals surface area contributed by atoms with Crippen LogP contribution >= 0.6 is 0 Å². The molecule has 2 amide bonds. The largest absolute Gasteiger partial charge is 0.361 e. The summed E-state index contributed by atoms with van der Waals surface area (Å²) >= 11 is 0. The number of para-hydroxylation sites is 1. The number of hydrazine groups is 1. The predicted molar refractivity (Wildman–Crippen MR) is 130 cm³/mol. The van der Waals surface area contributed by atoms with E-state index >= 15 is 0 Å². The van der Waals surface area contributed by atoms with Gasteiger partial charge in [-0.3, -0.25) is 30.2 Å². The van der Waals surface area contributed by atoms with E-state index in [1.54, 1.807) is 10.3 Å². The number of carbonyl (C=O) groups excluding carboxylic acids is 2. The highest BCUT2D eigenvalue weighted by Gasteiger charge is 2.31. The fourth-order valence-corrected chi connectivity index (χ4v) is 3.99. The SMILES string of the molecule is CC(C)(C)N1CCN(C(O)N(Cc2ccc(C(=O)NNC(=O)C(F)F)cc2F)c2ccccc2)CC1. The van der Waals surface area contributed by atoms with Crippen molar-refractivity contribution in [1.82, 2.24) is 20.7 Å². The van der Waals surface area contributed by atoms with E-state index in [-0.39, 0.29) is 23.2 Å². The summed E-state index contributed by atoms with van der Waals surface area (Å²) < 4.78 is 39.5. The van der Waals surface area contributed by atoms with Gasteiger partial charge >= 0.3 is 12.3 Å². The highest BCUT2D eigenvalue weighted by molar-refractivity contribution is 5.95. The molecule has 0 spiro atoms. The lowest BCUT2D eigenvalue weighted by atomic mass is 10.0. The number of halogens is 3. The summed E-state index contributed by atoms with van der Waals surface area (Å²) in [6.45, 7) is 9.28. The molecular weight excluding hydrogens is 475 g/mol. The molecular formula is C25H32F3N5O3. The van der Waals surface area contributed by atoms with Gasteiger partial charge in [-0.05, 0) is 45.0 Å². The van der Waals surface area contributed by atoms with Crippen molar-refractivity contribution in [3.63, 3.8) is 0 Å². The van der Waals surface area contributed by atoms with Crippen molar-refractivity contribution >= 4 is 17.5 Å². The number of anilines is 1. The first-order chi connectivity index (χ1) is 17.0. The number of aliphatic hydroxyl groups is 1. The third-order valence-electron chi connectivity index (χ3n) is 6.11. The molecule has 0 bridgehead atoms. The fraction of sp³-hybridized carbons (Fsp3) is 0.440. The highest BCUT2D eigenvalue weighted by atomic mass is 19.3. The summed E-state index contributed by atoms with van der Waals surface area (Å²) in [6.07, 6.45) is -4.31. The second-order valence-corrected chi connectivity index (χ2v) is 9.55. The first-order valence-electron chi connectivity index (χ1n) is 11.6. The number of alkyl halides is 2. The molecule has 11 heteroatoms. The standard InChI is InChI=1S/C25H32F3N5O3/c1-25(2,3)32-13-11-31(12-14-32)24(36)33(19-7-5-4-6-8-19)16-18-10-9-17(15-20(18)26)22(34)29-30-23(35)21(27)28/h4-10,15,21,24,36H,11-14,16H2,1-3H3,(H,29,34)(H,30,35). The monoisotopic (exact) mass is 507 g/mol. The number of nitrogens with zero attached hydrogens (tertiary/aromatic N) is 3. The Morgan fingerprint density at radius 3 is 2.22 bits per heavy atom. The van der Waals surface area contributed by atoms with Gasteiger partial charge in [-0.15, -0.1) is 0 Å². The topological polar surface area (TPSA) is 88.2 Å². The molecule has 1 saturated heterocycles. The third-order valence-corrected chi connectivity index (χ3v) is 6.11. The van der Waals surface area contributed by atoms with Crippen molar-refractivity contribution in [2.75, 3.05) is 31.1 Å². The molecule has 0 aliphatic carbocycles. The molecule has 3 N–H and O–H groups in total. The van der Waals surface area contributed by atoms with Crippen molar-refractivity contribution in [2.45, 2.75) is 45.6 Å². The fourth-order valence-electron chi connectivity index (χ4n) is 3.99. The van der Waals surface area contributed by atoms with Gasteiger partial charge in [0.15, 0.2) is 6.35 Å². The summed E-state index contributed by atoms with van der Waals surface area (Å²) in [5.41, 5.74) is 4.18. The van der Waals surface area contributed by atoms with Crippen LogP contribution in [0.15, 0.2) is 48.5 Å². The highest BCUT2D eigenvalue weighted by Crippen LogP contribution is 2.24. The Hall–Kier alpha value is -3.15. The molecule has 2 aromatic carbocycles. The lowest BCUT2D eigenvalue weighted by Gasteiger charge is -2.45. The molecule has 0 radical (unpaired) electrons. The molecule has 0 aromatic heterocycles. The van der Waals surface area contributed by atoms with E-state index in [0.717, 1.165) is 19.2 Å². The number of aliphatic hydroxyl groups excluding tert-OH is 1. The molecule has 1 fully saturated rings. The normalized spacial score (nSPS) is 16.0. The summed E-state index contributed by atoms with van der Waals surface area (Å²) in [7, 11) is 0. The summed E-state index contributed by atoms with van der Waals surface area (Å²) in [4.78, 5) is 29.0. The quantitative estimate of drug-likeness (QED) is 0.395. The Morgan fingerprint density at radius 1 is 1.03 bits per heavy atom. The second-order valence-electron chi connectivity index (χ2n) is 9.55. The van der Waals surface area contributed by atoms with Crippen LogP contribution in [0.5, 0.6) is 0 Å². The smallest absolute Gasteiger partial charge is 0.317 e. The van der Waals surface area contributed by atoms with E-state index in [0.29, 0.717) is 18.8 Å². The van der Waals surface area contributed by atoms with Gasteiger partial charge in [-0.25, -0.2) is 4.39 Å². The van der Waals surface area contributed by atoms with Crippen molar-refractivity contribution in [3.05, 3.63) is 65.5 Å². The lowest BCUT2D eigenvalue weighted by Crippen LogP contribution is -2.59. The van der Waals surface area contributed by atoms with Crippen molar-refractivity contribution < 1.29 is 27.9 Å². The van der Waals surface area contributed by atoms with Gasteiger partial charge in [-0.1, -0.05) is 24.3 Å². The van der Waals surface area contributed by atoms with Crippen LogP contribution in [0.3, 0.4) is 0 Å². The average molecular weight is 508 g/mol. The van der Waals surface area contributed by atoms with Crippen LogP contribution in [0.25, 0.3) is 0 Å². The molecule has 2 aromatic rings. The van der Waals surface area contributed by atoms with Crippen LogP contribution in [-0.2, 0) is 11.3 Å². The van der Waals surface area contributed by atoms with Gasteiger partial charge in [0.1, 0.15) is 5.82 Å². The molecule has 8 nitrogen and oxygen atoms in total. The van der Waals surface area contributed by atoms with E-state index in [4.69, 9.17) is 0 Å². The first kappa shape index (κ1) is 27.4. The molecule has 1 aliphatic heterocycles. The number of hydrogen-bond donors (Lipinski definition) is 3. The van der Waals surface area contributed by atoms with Gasteiger partial charge in [0, 0.05) is 55.1 Å². The summed E-state index contributed by atoms with van der Waals surface area (Å²) in [5.74, 6) is -3.32. The Bertz CT molecular complexity index is 1040. The maximum absolute atomic E-state index is 15.0. The van der Waals surface area contributed by atoms with Gasteiger partial charge in [0.2, 0.25) is 0 Å². The van der Waals surface area contributed by atoms with Gasteiger partial charge in [-0.2, -0.15) is 8.78 Å². The van der Waals surface area contributed by atoms with E-state index < -0.39 is 30.4 Å². The van der Waals surface area contributed by atoms with Crippen LogP contribution in [0, 0.1) is 5.82 Å². The summed E-state index contributed by atoms with van der Waals surface area (Å²) in [6, 6.07) is 12.8. The van der Waals surface area contributed by atoms with Gasteiger partial charge in [0.25, 0.3) is 5.91 Å². The molecule has 1 unspecified atom stereocenters. The van der Waals surface area contributed by atoms with E-state index in [1.807, 2.05) is 40.7 Å². The maximum Gasteiger partial charge on any atom is 0.317 e. The second kappa shape index (κ2) is 11.7. The molecule has 1 aliphatic rings. The number of amides is 2. The number of hydrogen-bond acceptors (Lipinski definition) is 6. The number of piperazine rings is 1. The molecule has 196 valence electrons. The van der Waals surface area contributed by atoms with Crippen LogP contribution < -0.4 is 15.8 Å². The Labute approximate surface area is 208 Å². The van der Waals surface area contributed by atoms with Crippen molar-refractivity contribution in [2.24, 2.45) is 0 Å². The number of nitrogens with one attached hydrogen (secondary N) is 2. The minimum absolute atomic E-state index is 0.0144. The Kier molecular flexibility index (Phi) is 8.93. The van der Waals surface area contributed by atoms with Crippen molar-refractivity contribution in [3.8, 4) is 0 Å². The molecule has 36 heavy (non-hydrogen) atoms. The number of carbonyl (C=O) groups is 2. The average Bonchev–Trinajstić information content (AvgIpc) is 2.85. The minimum Gasteiger partial charge on any atom is -0.361 e. The molecule has 3 rings (SSSR count). The number of rotatable bonds is 7. The molecule has 1 heterocycles. The third kappa shape index (κ3) is 6.96. The maximum atomic E-state index is 15.0. The summed E-state index contributed by atoms with van der Waals surface area (Å²) in [5, 5.41) is 11.3. The minimum atomic E-state index is -3.30. The lowest BCUT2D eigenvalue weighted by molar-refractivity contribution is -0.132. The molecule has 0 saturated carbocycles. The van der Waals surface area contributed by atoms with Crippen LogP contribution in [0.2, 0.25) is 0 Å². The van der Waals surface area contributed by atoms with Crippen LogP contribution in [0.1, 0.15) is 36.7 Å². The van der Waals surface area contributed by atoms with E-state index in [2.05, 4.69) is 25.7 Å². The van der Waals surface area contributed by atoms with Gasteiger partial charge < -0.3 is 10.0 Å². The molecule has 1 atom stereocenters. The van der Waals surface area contributed by atoms with Crippen LogP contribution in [-0.4, -0.2) is 71.2 Å². The Morgan fingerprint density at radius 2 is 1.67 bits per heavy atom. The van der Waals surface area contributed by atoms with Crippen LogP contribution in [0.4, 0.5) is 18.9 Å². The zero-order valence-electron chi connectivity index (χ0n) is 20.5. The van der Waals surface area contributed by atoms with E-state index in [1.165, 1.54) is 12.1 Å². The first-order valence-corrected chi connectivity index (χ1v) is 11.6. The zero-order chi connectivity index (χ0) is 26.5. The predicted octanol–water partition coefficient (Wildman–Crippen LogP) is 2.55. The van der Waals surface area contributed by atoms with Crippen molar-refractivity contribution in [1.29, 1.82) is 0 Å². The number of benzene rings is 2. The Balaban J connectivity index is 1.75. The van der Waals surface area contributed by atoms with Gasteiger partial charge in [0.05, 0.1) is 0 Å². The zero-order valence-corrected chi connectivity index (χ0v) is 20.5. The van der Waals surface area contributed by atoms with E-state index in [9.17, 15) is 27.9 Å².